The van der Waals surface area contributed by atoms with E-state index in [2.05, 4.69) is 40.4 Å². The van der Waals surface area contributed by atoms with Crippen molar-refractivity contribution in [3.05, 3.63) is 35.7 Å². The molecule has 0 saturated heterocycles. The van der Waals surface area contributed by atoms with Crippen molar-refractivity contribution >= 4 is 29.9 Å². The molecule has 1 aromatic heterocycles. The van der Waals surface area contributed by atoms with Crippen LogP contribution in [0.25, 0.3) is 0 Å². The molecule has 0 radical (unpaired) electrons. The predicted octanol–water partition coefficient (Wildman–Crippen LogP) is 3.66. The lowest BCUT2D eigenvalue weighted by molar-refractivity contribution is 0.304. The topological polar surface area (TPSA) is 73.1 Å². The van der Waals surface area contributed by atoms with Gasteiger partial charge in [-0.1, -0.05) is 13.8 Å². The second kappa shape index (κ2) is 13.3. The predicted molar refractivity (Wildman–Crippen MR) is 135 cm³/mol. The molecule has 1 aromatic carbocycles. The summed E-state index contributed by atoms with van der Waals surface area (Å²) in [7, 11) is 9.04. The van der Waals surface area contributed by atoms with E-state index in [-0.39, 0.29) is 24.0 Å². The monoisotopic (exact) mass is 545 g/mol. The molecule has 0 unspecified atom stereocenters. The van der Waals surface area contributed by atoms with E-state index in [1.807, 2.05) is 37.0 Å². The zero-order chi connectivity index (χ0) is 22.1. The molecule has 0 atom stereocenters. The number of hydrogen-bond acceptors (Lipinski definition) is 5. The van der Waals surface area contributed by atoms with Crippen molar-refractivity contribution in [1.82, 2.24) is 20.0 Å². The number of nitrogens with one attached hydrogen (secondary N) is 1. The molecule has 0 aliphatic heterocycles. The molecule has 1 heterocycles. The van der Waals surface area contributed by atoms with Gasteiger partial charge in [-0.25, -0.2) is 0 Å². The number of methoxy groups -OCH3 is 2. The number of rotatable bonds is 10. The molecule has 0 amide bonds. The van der Waals surface area contributed by atoms with Gasteiger partial charge in [0.2, 0.25) is 0 Å². The summed E-state index contributed by atoms with van der Waals surface area (Å²) < 4.78 is 18.3. The van der Waals surface area contributed by atoms with Crippen LogP contribution < -0.4 is 19.5 Å². The maximum atomic E-state index is 5.84. The van der Waals surface area contributed by atoms with Crippen LogP contribution in [0.3, 0.4) is 0 Å². The summed E-state index contributed by atoms with van der Waals surface area (Å²) in [5, 5.41) is 7.98. The van der Waals surface area contributed by atoms with Crippen LogP contribution in [-0.2, 0) is 13.6 Å². The third kappa shape index (κ3) is 8.12. The highest BCUT2D eigenvalue weighted by atomic mass is 127. The highest BCUT2D eigenvalue weighted by Crippen LogP contribution is 2.27. The van der Waals surface area contributed by atoms with Crippen molar-refractivity contribution in [3.8, 4) is 17.2 Å². The zero-order valence-corrected chi connectivity index (χ0v) is 22.0. The summed E-state index contributed by atoms with van der Waals surface area (Å²) in [6.45, 7) is 6.40. The van der Waals surface area contributed by atoms with Crippen LogP contribution in [-0.4, -0.2) is 62.1 Å². The Labute approximate surface area is 203 Å². The molecule has 31 heavy (non-hydrogen) atoms. The van der Waals surface area contributed by atoms with Crippen LogP contribution in [0.1, 0.15) is 37.4 Å². The van der Waals surface area contributed by atoms with Crippen LogP contribution >= 0.6 is 24.0 Å². The van der Waals surface area contributed by atoms with Crippen LogP contribution in [0, 0.1) is 0 Å². The third-order valence-corrected chi connectivity index (χ3v) is 4.66. The van der Waals surface area contributed by atoms with E-state index in [0.29, 0.717) is 24.0 Å². The minimum Gasteiger partial charge on any atom is -0.496 e. The van der Waals surface area contributed by atoms with E-state index in [0.717, 1.165) is 36.9 Å². The second-order valence-corrected chi connectivity index (χ2v) is 7.45. The van der Waals surface area contributed by atoms with Crippen LogP contribution in [0.15, 0.2) is 29.4 Å². The zero-order valence-electron chi connectivity index (χ0n) is 19.6. The van der Waals surface area contributed by atoms with Crippen molar-refractivity contribution in [2.24, 2.45) is 12.0 Å². The van der Waals surface area contributed by atoms with Gasteiger partial charge in [-0.3, -0.25) is 9.67 Å². The van der Waals surface area contributed by atoms with Gasteiger partial charge in [-0.15, -0.1) is 24.0 Å². The summed E-state index contributed by atoms with van der Waals surface area (Å²) in [6, 6.07) is 5.52. The van der Waals surface area contributed by atoms with Crippen molar-refractivity contribution < 1.29 is 14.2 Å². The van der Waals surface area contributed by atoms with Crippen molar-refractivity contribution in [3.63, 3.8) is 0 Å². The number of nitrogens with zero attached hydrogens (tertiary/aromatic N) is 4. The van der Waals surface area contributed by atoms with Gasteiger partial charge >= 0.3 is 0 Å². The normalized spacial score (nSPS) is 11.2. The number of aliphatic imine (C=N–C) groups is 1. The van der Waals surface area contributed by atoms with Gasteiger partial charge in [-0.2, -0.15) is 5.10 Å². The standard InChI is InChI=1S/C22H35N5O3.HI/c1-16(2)21-17(15-27(5)25-21)14-26(4)22(23-3)24-9-8-10-30-20-12-18(28-6)11-19(13-20)29-7;/h11-13,15-16H,8-10,14H2,1-7H3,(H,23,24);1H. The van der Waals surface area contributed by atoms with Gasteiger partial charge in [0.05, 0.1) is 26.5 Å². The fraction of sp³-hybridized carbons (Fsp3) is 0.545. The largest absolute Gasteiger partial charge is 0.496 e. The molecule has 2 rings (SSSR count). The lowest BCUT2D eigenvalue weighted by Crippen LogP contribution is -2.39. The SMILES string of the molecule is CN=C(NCCCOc1cc(OC)cc(OC)c1)N(C)Cc1cn(C)nc1C(C)C.I. The Kier molecular flexibility index (Phi) is 11.5. The molecule has 8 nitrogen and oxygen atoms in total. The number of ether oxygens (including phenoxy) is 3. The molecule has 2 aromatic rings. The van der Waals surface area contributed by atoms with Crippen molar-refractivity contribution in [2.45, 2.75) is 32.7 Å². The van der Waals surface area contributed by atoms with E-state index < -0.39 is 0 Å². The minimum absolute atomic E-state index is 0. The van der Waals surface area contributed by atoms with Gasteiger partial charge < -0.3 is 24.4 Å². The first-order valence-corrected chi connectivity index (χ1v) is 10.2. The fourth-order valence-electron chi connectivity index (χ4n) is 3.20. The lowest BCUT2D eigenvalue weighted by atomic mass is 10.1. The maximum Gasteiger partial charge on any atom is 0.193 e. The summed E-state index contributed by atoms with van der Waals surface area (Å²) >= 11 is 0. The van der Waals surface area contributed by atoms with E-state index in [1.165, 1.54) is 5.56 Å². The molecule has 0 fully saturated rings. The van der Waals surface area contributed by atoms with Crippen molar-refractivity contribution in [2.75, 3.05) is 41.5 Å². The fourth-order valence-corrected chi connectivity index (χ4v) is 3.20. The van der Waals surface area contributed by atoms with E-state index >= 15 is 0 Å². The number of aromatic nitrogens is 2. The molecule has 0 aliphatic rings. The second-order valence-electron chi connectivity index (χ2n) is 7.45. The molecule has 0 spiro atoms. The Morgan fingerprint density at radius 2 is 1.77 bits per heavy atom. The first-order valence-electron chi connectivity index (χ1n) is 10.2. The van der Waals surface area contributed by atoms with Crippen LogP contribution in [0.4, 0.5) is 0 Å². The molecule has 174 valence electrons. The Morgan fingerprint density at radius 3 is 2.32 bits per heavy atom. The van der Waals surface area contributed by atoms with Crippen LogP contribution in [0.2, 0.25) is 0 Å². The summed E-state index contributed by atoms with van der Waals surface area (Å²) in [5.74, 6) is 3.38. The van der Waals surface area contributed by atoms with Gasteiger partial charge in [0.25, 0.3) is 0 Å². The first-order chi connectivity index (χ1) is 14.4. The van der Waals surface area contributed by atoms with Gasteiger partial charge in [0.15, 0.2) is 5.96 Å². The number of benzene rings is 1. The first kappa shape index (κ1) is 26.9. The van der Waals surface area contributed by atoms with E-state index in [9.17, 15) is 0 Å². The van der Waals surface area contributed by atoms with Gasteiger partial charge in [0.1, 0.15) is 17.2 Å². The Morgan fingerprint density at radius 1 is 1.16 bits per heavy atom. The number of halogens is 1. The number of aryl methyl sites for hydroxylation is 1. The van der Waals surface area contributed by atoms with Gasteiger partial charge in [0, 0.05) is 64.2 Å². The summed E-state index contributed by atoms with van der Waals surface area (Å²) in [5.41, 5.74) is 2.34. The van der Waals surface area contributed by atoms with E-state index in [1.54, 1.807) is 21.3 Å². The molecular weight excluding hydrogens is 509 g/mol. The molecular formula is C22H36IN5O3. The molecule has 0 aliphatic carbocycles. The Bertz CT molecular complexity index is 816. The average Bonchev–Trinajstić information content (AvgIpc) is 3.10. The molecule has 1 N–H and O–H groups in total. The minimum atomic E-state index is 0. The lowest BCUT2D eigenvalue weighted by Gasteiger charge is -2.22. The Hall–Kier alpha value is -2.17. The molecule has 9 heteroatoms. The molecule has 0 bridgehead atoms. The maximum absolute atomic E-state index is 5.84. The van der Waals surface area contributed by atoms with E-state index in [4.69, 9.17) is 14.2 Å². The Balaban J connectivity index is 0.00000480. The summed E-state index contributed by atoms with van der Waals surface area (Å²) in [4.78, 5) is 6.50. The van der Waals surface area contributed by atoms with Gasteiger partial charge in [-0.05, 0) is 12.3 Å². The quantitative estimate of drug-likeness (QED) is 0.213. The van der Waals surface area contributed by atoms with Crippen molar-refractivity contribution in [1.29, 1.82) is 0 Å². The van der Waals surface area contributed by atoms with Crippen LogP contribution in [0.5, 0.6) is 17.2 Å². The smallest absolute Gasteiger partial charge is 0.193 e. The molecule has 0 saturated carbocycles. The highest BCUT2D eigenvalue weighted by Gasteiger charge is 2.15. The number of guanidine groups is 1. The highest BCUT2D eigenvalue weighted by molar-refractivity contribution is 14.0. The third-order valence-electron chi connectivity index (χ3n) is 4.66. The number of hydrogen-bond donors (Lipinski definition) is 1. The summed E-state index contributed by atoms with van der Waals surface area (Å²) in [6.07, 6.45) is 2.91. The average molecular weight is 545 g/mol.